The van der Waals surface area contributed by atoms with Crippen LogP contribution in [0.15, 0.2) is 12.1 Å². The van der Waals surface area contributed by atoms with E-state index >= 15 is 0 Å². The molecule has 2 N–H and O–H groups in total. The number of nitrogens with one attached hydrogen (secondary N) is 2. The molecule has 0 spiro atoms. The molecular formula is C11H9F3N2O4. The van der Waals surface area contributed by atoms with E-state index in [1.54, 1.807) is 10.9 Å². The maximum atomic E-state index is 12.9. The number of hydrogen-bond donors (Lipinski definition) is 2. The van der Waals surface area contributed by atoms with Gasteiger partial charge >= 0.3 is 11.9 Å². The highest BCUT2D eigenvalue weighted by Crippen LogP contribution is 2.13. The Balaban J connectivity index is 2.68. The lowest BCUT2D eigenvalue weighted by Gasteiger charge is -2.07. The molecule has 0 saturated carbocycles. The number of benzene rings is 1. The van der Waals surface area contributed by atoms with Crippen LogP contribution in [0.25, 0.3) is 0 Å². The van der Waals surface area contributed by atoms with Gasteiger partial charge in [0.1, 0.15) is 0 Å². The van der Waals surface area contributed by atoms with Gasteiger partial charge in [-0.2, -0.15) is 0 Å². The summed E-state index contributed by atoms with van der Waals surface area (Å²) in [6, 6.07) is 0.870. The van der Waals surface area contributed by atoms with Crippen molar-refractivity contribution in [2.24, 2.45) is 0 Å². The number of carbonyl (C=O) groups is 3. The van der Waals surface area contributed by atoms with Gasteiger partial charge in [0, 0.05) is 5.56 Å². The zero-order valence-electron chi connectivity index (χ0n) is 10.1. The molecule has 0 saturated heterocycles. The molecule has 0 heterocycles. The van der Waals surface area contributed by atoms with Crippen molar-refractivity contribution in [1.29, 1.82) is 0 Å². The Labute approximate surface area is 110 Å². The number of carbonyl (C=O) groups excluding carboxylic acids is 3. The number of esters is 1. The Hall–Kier alpha value is -2.58. The molecule has 0 aliphatic rings. The average molecular weight is 290 g/mol. The van der Waals surface area contributed by atoms with Gasteiger partial charge in [0.05, 0.1) is 6.61 Å². The van der Waals surface area contributed by atoms with E-state index in [1.807, 2.05) is 0 Å². The third-order valence-electron chi connectivity index (χ3n) is 2.00. The maximum Gasteiger partial charge on any atom is 0.398 e. The van der Waals surface area contributed by atoms with E-state index < -0.39 is 40.8 Å². The van der Waals surface area contributed by atoms with Crippen LogP contribution in [0.1, 0.15) is 17.3 Å². The first-order valence-electron chi connectivity index (χ1n) is 5.28. The minimum absolute atomic E-state index is 0.0470. The van der Waals surface area contributed by atoms with Gasteiger partial charge in [0.2, 0.25) is 0 Å². The van der Waals surface area contributed by atoms with Gasteiger partial charge < -0.3 is 4.74 Å². The minimum Gasteiger partial charge on any atom is -0.459 e. The summed E-state index contributed by atoms with van der Waals surface area (Å²) in [6.45, 7) is 1.42. The minimum atomic E-state index is -1.72. The first kappa shape index (κ1) is 15.5. The second kappa shape index (κ2) is 6.55. The number of halogens is 3. The Morgan fingerprint density at radius 1 is 1.10 bits per heavy atom. The molecule has 0 aromatic heterocycles. The molecule has 9 heteroatoms. The highest BCUT2D eigenvalue weighted by molar-refractivity contribution is 6.32. The van der Waals surface area contributed by atoms with Crippen LogP contribution in [0.4, 0.5) is 13.2 Å². The second-order valence-electron chi connectivity index (χ2n) is 3.38. The molecule has 108 valence electrons. The molecule has 1 rings (SSSR count). The zero-order valence-corrected chi connectivity index (χ0v) is 10.1. The molecule has 0 aliphatic carbocycles. The molecule has 1 aromatic carbocycles. The highest BCUT2D eigenvalue weighted by Gasteiger charge is 2.18. The summed E-state index contributed by atoms with van der Waals surface area (Å²) in [5.41, 5.74) is 2.81. The monoisotopic (exact) mass is 290 g/mol. The van der Waals surface area contributed by atoms with E-state index in [-0.39, 0.29) is 6.61 Å². The number of hydrogen-bond acceptors (Lipinski definition) is 4. The van der Waals surface area contributed by atoms with E-state index in [1.165, 1.54) is 6.92 Å². The molecule has 1 aromatic rings. The van der Waals surface area contributed by atoms with E-state index in [4.69, 9.17) is 0 Å². The maximum absolute atomic E-state index is 12.9. The second-order valence-corrected chi connectivity index (χ2v) is 3.38. The molecule has 0 radical (unpaired) electrons. The fourth-order valence-electron chi connectivity index (χ4n) is 1.12. The summed E-state index contributed by atoms with van der Waals surface area (Å²) >= 11 is 0. The predicted octanol–water partition coefficient (Wildman–Crippen LogP) is 0.428. The van der Waals surface area contributed by atoms with Crippen LogP contribution < -0.4 is 10.9 Å². The summed E-state index contributed by atoms with van der Waals surface area (Å²) in [7, 11) is 0. The summed E-state index contributed by atoms with van der Waals surface area (Å²) in [5, 5.41) is 0. The van der Waals surface area contributed by atoms with Crippen LogP contribution in [-0.4, -0.2) is 24.4 Å². The molecule has 0 unspecified atom stereocenters. The van der Waals surface area contributed by atoms with Gasteiger partial charge in [-0.25, -0.2) is 18.0 Å². The van der Waals surface area contributed by atoms with E-state index in [2.05, 4.69) is 4.74 Å². The van der Waals surface area contributed by atoms with E-state index in [0.29, 0.717) is 12.1 Å². The number of rotatable bonds is 2. The molecular weight excluding hydrogens is 281 g/mol. The van der Waals surface area contributed by atoms with Gasteiger partial charge in [-0.15, -0.1) is 0 Å². The first-order chi connectivity index (χ1) is 9.36. The highest BCUT2D eigenvalue weighted by atomic mass is 19.2. The van der Waals surface area contributed by atoms with E-state index in [0.717, 1.165) is 0 Å². The van der Waals surface area contributed by atoms with Gasteiger partial charge in [0.15, 0.2) is 17.5 Å². The van der Waals surface area contributed by atoms with Crippen LogP contribution in [-0.2, 0) is 14.3 Å². The average Bonchev–Trinajstić information content (AvgIpc) is 2.41. The smallest absolute Gasteiger partial charge is 0.398 e. The van der Waals surface area contributed by atoms with Crippen LogP contribution in [0.5, 0.6) is 0 Å². The molecule has 0 aliphatic heterocycles. The molecule has 0 fully saturated rings. The van der Waals surface area contributed by atoms with E-state index in [9.17, 15) is 27.6 Å². The van der Waals surface area contributed by atoms with Crippen molar-refractivity contribution >= 4 is 17.8 Å². The normalized spacial score (nSPS) is 9.80. The van der Waals surface area contributed by atoms with Crippen molar-refractivity contribution in [2.45, 2.75) is 6.92 Å². The van der Waals surface area contributed by atoms with Crippen LogP contribution >= 0.6 is 0 Å². The zero-order chi connectivity index (χ0) is 15.3. The number of amides is 2. The Morgan fingerprint density at radius 2 is 1.65 bits per heavy atom. The van der Waals surface area contributed by atoms with Crippen LogP contribution in [0, 0.1) is 17.5 Å². The third-order valence-corrected chi connectivity index (χ3v) is 2.00. The van der Waals surface area contributed by atoms with Crippen molar-refractivity contribution < 1.29 is 32.3 Å². The lowest BCUT2D eigenvalue weighted by Crippen LogP contribution is -2.45. The molecule has 0 bridgehead atoms. The Bertz CT molecular complexity index is 540. The lowest BCUT2D eigenvalue weighted by molar-refractivity contribution is -0.154. The van der Waals surface area contributed by atoms with Crippen LogP contribution in [0.2, 0.25) is 0 Å². The molecule has 20 heavy (non-hydrogen) atoms. The quantitative estimate of drug-likeness (QED) is 0.358. The summed E-state index contributed by atoms with van der Waals surface area (Å²) in [5.74, 6) is -8.51. The van der Waals surface area contributed by atoms with Crippen molar-refractivity contribution in [3.63, 3.8) is 0 Å². The standard InChI is InChI=1S/C11H9F3N2O4/c1-2-20-11(19)10(18)16-15-9(17)5-3-6(12)8(14)7(13)4-5/h3-4H,2H2,1H3,(H,15,17)(H,16,18). The third kappa shape index (κ3) is 3.70. The van der Waals surface area contributed by atoms with Crippen molar-refractivity contribution in [3.05, 3.63) is 35.1 Å². The molecule has 6 nitrogen and oxygen atoms in total. The fourth-order valence-corrected chi connectivity index (χ4v) is 1.12. The lowest BCUT2D eigenvalue weighted by atomic mass is 10.2. The summed E-state index contributed by atoms with van der Waals surface area (Å²) in [6.07, 6.45) is 0. The molecule has 2 amide bonds. The van der Waals surface area contributed by atoms with Crippen molar-refractivity contribution in [2.75, 3.05) is 6.61 Å². The SMILES string of the molecule is CCOC(=O)C(=O)NNC(=O)c1cc(F)c(F)c(F)c1. The first-order valence-corrected chi connectivity index (χ1v) is 5.28. The van der Waals surface area contributed by atoms with Crippen molar-refractivity contribution in [1.82, 2.24) is 10.9 Å². The largest absolute Gasteiger partial charge is 0.459 e. The fraction of sp³-hybridized carbons (Fsp3) is 0.182. The van der Waals surface area contributed by atoms with Crippen LogP contribution in [0.3, 0.4) is 0 Å². The van der Waals surface area contributed by atoms with Gasteiger partial charge in [-0.05, 0) is 19.1 Å². The van der Waals surface area contributed by atoms with Gasteiger partial charge in [0.25, 0.3) is 5.91 Å². The molecule has 0 atom stereocenters. The number of hydrazine groups is 1. The predicted molar refractivity (Wildman–Crippen MR) is 58.6 cm³/mol. The van der Waals surface area contributed by atoms with Crippen molar-refractivity contribution in [3.8, 4) is 0 Å². The summed E-state index contributed by atoms with van der Waals surface area (Å²) < 4.78 is 42.7. The Morgan fingerprint density at radius 3 is 2.15 bits per heavy atom. The topological polar surface area (TPSA) is 84.5 Å². The summed E-state index contributed by atoms with van der Waals surface area (Å²) in [4.78, 5) is 33.3. The van der Waals surface area contributed by atoms with Gasteiger partial charge in [-0.3, -0.25) is 20.4 Å². The number of ether oxygens (including phenoxy) is 1. The van der Waals surface area contributed by atoms with Gasteiger partial charge in [-0.1, -0.05) is 0 Å². The Kier molecular flexibility index (Phi) is 5.07.